The molecule has 4 fully saturated rings. The maximum atomic E-state index is 15.4. The maximum Gasteiger partial charge on any atom is 0.246 e. The number of rotatable bonds is 5. The van der Waals surface area contributed by atoms with Crippen LogP contribution in [0.1, 0.15) is 62.0 Å². The molecule has 0 bridgehead atoms. The maximum absolute atomic E-state index is 15.4. The number of methoxy groups -OCH3 is 1. The summed E-state index contributed by atoms with van der Waals surface area (Å²) in [4.78, 5) is 61.6. The van der Waals surface area contributed by atoms with Crippen molar-refractivity contribution in [3.8, 4) is 11.5 Å². The number of allylic oxidation sites excluding steroid dienone is 2. The number of amides is 4. The highest BCUT2D eigenvalue weighted by Gasteiger charge is 2.70. The first-order chi connectivity index (χ1) is 23.7. The Bertz CT molecular complexity index is 1930. The van der Waals surface area contributed by atoms with Crippen LogP contribution >= 0.6 is 27.5 Å². The molecule has 3 aromatic rings. The van der Waals surface area contributed by atoms with Crippen molar-refractivity contribution >= 4 is 56.8 Å². The summed E-state index contributed by atoms with van der Waals surface area (Å²) in [7, 11) is 1.46. The average Bonchev–Trinajstić information content (AvgIpc) is 3.50. The molecule has 252 valence electrons. The largest absolute Gasteiger partial charge is 0.504 e. The minimum absolute atomic E-state index is 0.114. The van der Waals surface area contributed by atoms with Crippen LogP contribution in [0.4, 0.5) is 5.69 Å². The molecule has 4 amide bonds. The highest BCUT2D eigenvalue weighted by molar-refractivity contribution is 9.10. The second-order valence-electron chi connectivity index (χ2n) is 14.0. The molecule has 1 N–H and O–H groups in total. The zero-order valence-electron chi connectivity index (χ0n) is 27.0. The Morgan fingerprint density at radius 3 is 2.37 bits per heavy atom. The topological polar surface area (TPSA) is 104 Å². The van der Waals surface area contributed by atoms with Gasteiger partial charge in [-0.3, -0.25) is 24.1 Å². The Balaban J connectivity index is 1.37. The molecule has 0 unspecified atom stereocenters. The Kier molecular flexibility index (Phi) is 7.99. The van der Waals surface area contributed by atoms with Gasteiger partial charge in [-0.25, -0.2) is 4.90 Å². The van der Waals surface area contributed by atoms with Gasteiger partial charge in [0.25, 0.3) is 0 Å². The molecule has 49 heavy (non-hydrogen) atoms. The molecule has 0 spiro atoms. The molecule has 0 radical (unpaired) electrons. The van der Waals surface area contributed by atoms with Gasteiger partial charge >= 0.3 is 0 Å². The number of phenolic OH excluding ortho intramolecular Hbond substituents is 1. The molecule has 10 heteroatoms. The van der Waals surface area contributed by atoms with Crippen molar-refractivity contribution in [1.82, 2.24) is 4.90 Å². The van der Waals surface area contributed by atoms with E-state index in [9.17, 15) is 19.5 Å². The summed E-state index contributed by atoms with van der Waals surface area (Å²) in [5, 5.41) is 12.3. The zero-order valence-corrected chi connectivity index (χ0v) is 29.3. The van der Waals surface area contributed by atoms with Gasteiger partial charge in [0.15, 0.2) is 11.5 Å². The molecule has 6 atom stereocenters. The number of ether oxygens (including phenoxy) is 1. The van der Waals surface area contributed by atoms with Crippen LogP contribution in [0.3, 0.4) is 0 Å². The van der Waals surface area contributed by atoms with Crippen molar-refractivity contribution < 1.29 is 29.0 Å². The number of likely N-dealkylation sites (tertiary alicyclic amines) is 1. The molecule has 8 nitrogen and oxygen atoms in total. The van der Waals surface area contributed by atoms with Gasteiger partial charge in [0.05, 0.1) is 36.0 Å². The van der Waals surface area contributed by atoms with Gasteiger partial charge in [-0.1, -0.05) is 94.8 Å². The molecule has 3 aliphatic carbocycles. The molecule has 2 saturated heterocycles. The van der Waals surface area contributed by atoms with E-state index in [0.717, 1.165) is 37.7 Å². The van der Waals surface area contributed by atoms with Gasteiger partial charge in [0.2, 0.25) is 23.6 Å². The predicted octanol–water partition coefficient (Wildman–Crippen LogP) is 7.31. The minimum atomic E-state index is -1.49. The van der Waals surface area contributed by atoms with Gasteiger partial charge in [-0.2, -0.15) is 0 Å². The van der Waals surface area contributed by atoms with Crippen LogP contribution in [0, 0.1) is 23.7 Å². The van der Waals surface area contributed by atoms with E-state index < -0.39 is 46.8 Å². The highest BCUT2D eigenvalue weighted by Crippen LogP contribution is 2.66. The van der Waals surface area contributed by atoms with E-state index in [0.29, 0.717) is 32.7 Å². The summed E-state index contributed by atoms with van der Waals surface area (Å²) >= 11 is 10.00. The zero-order chi connectivity index (χ0) is 34.2. The number of hydrogen-bond donors (Lipinski definition) is 1. The number of imide groups is 2. The summed E-state index contributed by atoms with van der Waals surface area (Å²) in [6.07, 6.45) is 7.21. The van der Waals surface area contributed by atoms with Crippen LogP contribution < -0.4 is 9.64 Å². The lowest BCUT2D eigenvalue weighted by Gasteiger charge is -2.50. The number of carbonyl (C=O) groups is 4. The van der Waals surface area contributed by atoms with Crippen LogP contribution in [-0.4, -0.2) is 46.8 Å². The lowest BCUT2D eigenvalue weighted by molar-refractivity contribution is -0.143. The lowest BCUT2D eigenvalue weighted by Crippen LogP contribution is -2.53. The smallest absolute Gasteiger partial charge is 0.246 e. The normalized spacial score (nSPS) is 29.9. The minimum Gasteiger partial charge on any atom is -0.504 e. The summed E-state index contributed by atoms with van der Waals surface area (Å²) in [6, 6.07) is 19.3. The van der Waals surface area contributed by atoms with Crippen LogP contribution in [0.5, 0.6) is 11.5 Å². The molecule has 5 aliphatic rings. The first-order valence-electron chi connectivity index (χ1n) is 17.0. The number of carbonyl (C=O) groups excluding carboxylic acids is 4. The lowest BCUT2D eigenvalue weighted by atomic mass is 9.49. The van der Waals surface area contributed by atoms with E-state index in [2.05, 4.69) is 15.9 Å². The highest BCUT2D eigenvalue weighted by atomic mass is 79.9. The Hall–Kier alpha value is -3.95. The number of aromatic hydroxyl groups is 1. The molecule has 2 heterocycles. The molecule has 2 aliphatic heterocycles. The van der Waals surface area contributed by atoms with E-state index in [4.69, 9.17) is 16.3 Å². The summed E-state index contributed by atoms with van der Waals surface area (Å²) in [5.74, 6) is -4.55. The number of anilines is 1. The Morgan fingerprint density at radius 2 is 1.65 bits per heavy atom. The van der Waals surface area contributed by atoms with Gasteiger partial charge in [-0.15, -0.1) is 0 Å². The fourth-order valence-electron chi connectivity index (χ4n) is 9.78. The van der Waals surface area contributed by atoms with Crippen LogP contribution in [0.2, 0.25) is 5.02 Å². The number of fused-ring (bicyclic) bond motifs is 4. The second-order valence-corrected chi connectivity index (χ2v) is 15.3. The van der Waals surface area contributed by atoms with Gasteiger partial charge in [0.1, 0.15) is 0 Å². The summed E-state index contributed by atoms with van der Waals surface area (Å²) in [5.41, 5.74) is 0.688. The molecular weight excluding hydrogens is 708 g/mol. The first-order valence-corrected chi connectivity index (χ1v) is 18.2. The monoisotopic (exact) mass is 742 g/mol. The number of nitrogens with zero attached hydrogens (tertiary/aromatic N) is 2. The quantitative estimate of drug-likeness (QED) is 0.217. The number of hydrogen-bond acceptors (Lipinski definition) is 6. The predicted molar refractivity (Wildman–Crippen MR) is 187 cm³/mol. The van der Waals surface area contributed by atoms with Crippen molar-refractivity contribution in [3.63, 3.8) is 0 Å². The van der Waals surface area contributed by atoms with Crippen LogP contribution in [0.15, 0.2) is 82.9 Å². The van der Waals surface area contributed by atoms with Crippen molar-refractivity contribution in [2.75, 3.05) is 12.0 Å². The van der Waals surface area contributed by atoms with Gasteiger partial charge in [-0.05, 0) is 67.5 Å². The average molecular weight is 744 g/mol. The Labute approximate surface area is 298 Å². The third kappa shape index (κ3) is 4.68. The molecule has 2 saturated carbocycles. The van der Waals surface area contributed by atoms with Crippen LogP contribution in [-0.2, 0) is 24.6 Å². The Morgan fingerprint density at radius 1 is 0.898 bits per heavy atom. The summed E-state index contributed by atoms with van der Waals surface area (Å²) in [6.45, 7) is 0. The fraction of sp³-hybridized carbons (Fsp3) is 0.385. The van der Waals surface area contributed by atoms with E-state index in [1.54, 1.807) is 41.3 Å². The fourth-order valence-corrected chi connectivity index (χ4v) is 10.4. The van der Waals surface area contributed by atoms with Crippen LogP contribution in [0.25, 0.3) is 0 Å². The van der Waals surface area contributed by atoms with Crippen molar-refractivity contribution in [3.05, 3.63) is 99.0 Å². The van der Waals surface area contributed by atoms with E-state index in [-0.39, 0.29) is 35.8 Å². The second kappa shape index (κ2) is 12.1. The van der Waals surface area contributed by atoms with Gasteiger partial charge in [0, 0.05) is 27.0 Å². The van der Waals surface area contributed by atoms with Crippen molar-refractivity contribution in [1.29, 1.82) is 0 Å². The molecule has 0 aromatic heterocycles. The molecule has 3 aromatic carbocycles. The van der Waals surface area contributed by atoms with E-state index >= 15 is 4.79 Å². The summed E-state index contributed by atoms with van der Waals surface area (Å²) < 4.78 is 6.21. The first kappa shape index (κ1) is 32.3. The van der Waals surface area contributed by atoms with Gasteiger partial charge < -0.3 is 9.84 Å². The number of halogens is 2. The number of phenols is 1. The SMILES string of the molecule is COc1cc(Br)cc([C@H]2C3=CC[C@@H]4C(=O)N(C5CCCCC5)C(=O)[C@@H]4[C@@H]3C[C@H]3C(=O)N(c4cccc(Cl)c4)C(=O)[C@@]23c2ccccc2)c1O. The van der Waals surface area contributed by atoms with Crippen molar-refractivity contribution in [2.24, 2.45) is 23.7 Å². The third-order valence-electron chi connectivity index (χ3n) is 11.7. The number of benzene rings is 3. The standard InChI is InChI=1S/C39H36BrClN2O6/c1-49-31-18-22(40)17-29(34(31)44)33-26-15-16-27-32(37(47)42(35(27)45)24-12-6-3-7-13-24)28(26)20-30-36(46)43(25-14-8-11-23(41)19-25)38(48)39(30,33)21-9-4-2-5-10-21/h2,4-5,8-11,14-15,17-19,24,27-28,30,32-33,44H,3,6-7,12-13,16,20H2,1H3/t27-,28+,30-,32-,33+,39+/m0/s1. The van der Waals surface area contributed by atoms with E-state index in [1.807, 2.05) is 36.4 Å². The molecule has 8 rings (SSSR count). The third-order valence-corrected chi connectivity index (χ3v) is 12.4. The molecular formula is C39H36BrClN2O6. The van der Waals surface area contributed by atoms with E-state index in [1.165, 1.54) is 12.0 Å². The van der Waals surface area contributed by atoms with Crippen molar-refractivity contribution in [2.45, 2.75) is 62.3 Å².